The van der Waals surface area contributed by atoms with E-state index in [1.165, 1.54) is 18.0 Å². The fraction of sp³-hybridized carbons (Fsp3) is 0.524. The summed E-state index contributed by atoms with van der Waals surface area (Å²) >= 11 is 1.53. The Labute approximate surface area is 179 Å². The minimum Gasteiger partial charge on any atom is -0.459 e. The maximum absolute atomic E-state index is 12.9. The first-order chi connectivity index (χ1) is 14.2. The molecule has 4 rings (SSSR count). The first-order valence-corrected chi connectivity index (χ1v) is 11.1. The molecule has 1 fully saturated rings. The van der Waals surface area contributed by atoms with Crippen molar-refractivity contribution in [3.05, 3.63) is 46.3 Å². The zero-order chi connectivity index (χ0) is 21.5. The highest BCUT2D eigenvalue weighted by Crippen LogP contribution is 2.34. The fourth-order valence-corrected chi connectivity index (χ4v) is 4.88. The third-order valence-electron chi connectivity index (χ3n) is 5.52. The molecule has 0 bridgehead atoms. The second-order valence-electron chi connectivity index (χ2n) is 8.70. The summed E-state index contributed by atoms with van der Waals surface area (Å²) in [6, 6.07) is 4.73. The molecule has 4 heterocycles. The summed E-state index contributed by atoms with van der Waals surface area (Å²) in [7, 11) is 0. The van der Waals surface area contributed by atoms with Gasteiger partial charge in [0.2, 0.25) is 5.91 Å². The van der Waals surface area contributed by atoms with Crippen molar-refractivity contribution in [3.8, 4) is 0 Å². The molecule has 30 heavy (non-hydrogen) atoms. The molecule has 0 radical (unpaired) electrons. The molecule has 0 spiro atoms. The number of thioether (sulfide) groups is 1. The van der Waals surface area contributed by atoms with Crippen LogP contribution in [0, 0.1) is 0 Å². The molecule has 8 nitrogen and oxygen atoms in total. The van der Waals surface area contributed by atoms with Crippen LogP contribution in [0.15, 0.2) is 38.8 Å². The Balaban J connectivity index is 1.38. The predicted molar refractivity (Wildman–Crippen MR) is 113 cm³/mol. The molecule has 2 aromatic heterocycles. The Bertz CT molecular complexity index is 1000. The third-order valence-corrected chi connectivity index (χ3v) is 6.62. The van der Waals surface area contributed by atoms with Gasteiger partial charge in [-0.3, -0.25) is 19.0 Å². The van der Waals surface area contributed by atoms with Gasteiger partial charge in [-0.1, -0.05) is 32.5 Å². The lowest BCUT2D eigenvalue weighted by molar-refractivity contribution is -0.133. The van der Waals surface area contributed by atoms with Crippen molar-refractivity contribution >= 4 is 23.6 Å². The molecular formula is C21H26N4O4S. The molecule has 1 saturated heterocycles. The third kappa shape index (κ3) is 4.03. The van der Waals surface area contributed by atoms with E-state index in [0.29, 0.717) is 42.8 Å². The van der Waals surface area contributed by atoms with Gasteiger partial charge < -0.3 is 14.2 Å². The number of nitrogens with zero attached hydrogens (tertiary/aromatic N) is 4. The molecule has 2 amide bonds. The van der Waals surface area contributed by atoms with Gasteiger partial charge in [0.15, 0.2) is 10.9 Å². The molecule has 160 valence electrons. The number of hydrogen-bond donors (Lipinski definition) is 0. The number of carbonyl (C=O) groups is 2. The largest absolute Gasteiger partial charge is 0.459 e. The molecule has 1 atom stereocenters. The standard InChI is InChI=1S/C21H26N4O4S/c1-21(2,3)16-12-18(27)25-14(13-30-20(25)22-16)11-17(26)23-6-8-24(9-7-23)19(28)15-5-4-10-29-15/h4-5,10,12,14H,6-9,11,13H2,1-3H3. The minimum atomic E-state index is -0.198. The van der Waals surface area contributed by atoms with Crippen LogP contribution in [0.5, 0.6) is 0 Å². The summed E-state index contributed by atoms with van der Waals surface area (Å²) in [5.41, 5.74) is 0.479. The van der Waals surface area contributed by atoms with Gasteiger partial charge in [0, 0.05) is 49.8 Å². The van der Waals surface area contributed by atoms with Crippen LogP contribution in [-0.2, 0) is 10.2 Å². The Kier molecular flexibility index (Phi) is 5.48. The highest BCUT2D eigenvalue weighted by molar-refractivity contribution is 7.99. The quantitative estimate of drug-likeness (QED) is 0.694. The van der Waals surface area contributed by atoms with E-state index >= 15 is 0 Å². The smallest absolute Gasteiger partial charge is 0.289 e. The van der Waals surface area contributed by atoms with Gasteiger partial charge in [0.05, 0.1) is 18.0 Å². The number of amides is 2. The van der Waals surface area contributed by atoms with Crippen LogP contribution in [0.1, 0.15) is 49.5 Å². The summed E-state index contributed by atoms with van der Waals surface area (Å²) in [5, 5.41) is 0.694. The van der Waals surface area contributed by atoms with E-state index in [2.05, 4.69) is 4.98 Å². The SMILES string of the molecule is CC(C)(C)c1cc(=O)n2c(n1)SCC2CC(=O)N1CCN(C(=O)c2ccco2)CC1. The summed E-state index contributed by atoms with van der Waals surface area (Å²) in [6.45, 7) is 7.99. The van der Waals surface area contributed by atoms with Crippen molar-refractivity contribution in [3.63, 3.8) is 0 Å². The van der Waals surface area contributed by atoms with E-state index in [-0.39, 0.29) is 35.3 Å². The lowest BCUT2D eigenvalue weighted by atomic mass is 9.92. The van der Waals surface area contributed by atoms with Crippen molar-refractivity contribution in [2.24, 2.45) is 0 Å². The highest BCUT2D eigenvalue weighted by atomic mass is 32.2. The molecule has 0 N–H and O–H groups in total. The summed E-state index contributed by atoms with van der Waals surface area (Å²) in [4.78, 5) is 46.1. The van der Waals surface area contributed by atoms with Crippen LogP contribution in [0.25, 0.3) is 0 Å². The van der Waals surface area contributed by atoms with Gasteiger partial charge in [-0.05, 0) is 12.1 Å². The average Bonchev–Trinajstić information content (AvgIpc) is 3.37. The van der Waals surface area contributed by atoms with Crippen molar-refractivity contribution in [2.45, 2.75) is 43.8 Å². The van der Waals surface area contributed by atoms with Gasteiger partial charge in [0.25, 0.3) is 11.5 Å². The molecule has 0 saturated carbocycles. The number of aromatic nitrogens is 2. The Hall–Kier alpha value is -2.55. The first kappa shape index (κ1) is 20.7. The van der Waals surface area contributed by atoms with Crippen LogP contribution in [0.4, 0.5) is 0 Å². The Morgan fingerprint density at radius 3 is 2.53 bits per heavy atom. The molecule has 2 aliphatic rings. The van der Waals surface area contributed by atoms with Crippen molar-refractivity contribution in [1.82, 2.24) is 19.4 Å². The Morgan fingerprint density at radius 1 is 1.20 bits per heavy atom. The highest BCUT2D eigenvalue weighted by Gasteiger charge is 2.32. The molecule has 0 aliphatic carbocycles. The van der Waals surface area contributed by atoms with Gasteiger partial charge in [-0.2, -0.15) is 0 Å². The summed E-state index contributed by atoms with van der Waals surface area (Å²) in [6.07, 6.45) is 1.74. The van der Waals surface area contributed by atoms with Crippen LogP contribution in [0.2, 0.25) is 0 Å². The maximum Gasteiger partial charge on any atom is 0.289 e. The van der Waals surface area contributed by atoms with Crippen molar-refractivity contribution < 1.29 is 14.0 Å². The molecule has 0 aromatic carbocycles. The number of piperazine rings is 1. The topological polar surface area (TPSA) is 88.7 Å². The van der Waals surface area contributed by atoms with Crippen LogP contribution in [0.3, 0.4) is 0 Å². The van der Waals surface area contributed by atoms with Gasteiger partial charge in [0.1, 0.15) is 0 Å². The number of carbonyl (C=O) groups excluding carboxylic acids is 2. The van der Waals surface area contributed by atoms with E-state index in [4.69, 9.17) is 4.42 Å². The lowest BCUT2D eigenvalue weighted by Crippen LogP contribution is -2.51. The molecule has 2 aromatic rings. The molecule has 9 heteroatoms. The van der Waals surface area contributed by atoms with Crippen molar-refractivity contribution in [2.75, 3.05) is 31.9 Å². The number of furan rings is 1. The van der Waals surface area contributed by atoms with E-state index in [1.54, 1.807) is 32.6 Å². The second kappa shape index (κ2) is 7.94. The van der Waals surface area contributed by atoms with Crippen LogP contribution in [-0.4, -0.2) is 63.1 Å². The first-order valence-electron chi connectivity index (χ1n) is 10.1. The van der Waals surface area contributed by atoms with Crippen LogP contribution < -0.4 is 5.56 Å². The number of rotatable bonds is 3. The average molecular weight is 431 g/mol. The minimum absolute atomic E-state index is 0.00495. The lowest BCUT2D eigenvalue weighted by Gasteiger charge is -2.34. The summed E-state index contributed by atoms with van der Waals surface area (Å²) in [5.74, 6) is 0.833. The van der Waals surface area contributed by atoms with Gasteiger partial charge in [-0.15, -0.1) is 0 Å². The number of hydrogen-bond acceptors (Lipinski definition) is 6. The van der Waals surface area contributed by atoms with Crippen molar-refractivity contribution in [1.29, 1.82) is 0 Å². The van der Waals surface area contributed by atoms with Crippen LogP contribution >= 0.6 is 11.8 Å². The van der Waals surface area contributed by atoms with Gasteiger partial charge in [-0.25, -0.2) is 4.98 Å². The zero-order valence-electron chi connectivity index (χ0n) is 17.5. The normalized spacial score (nSPS) is 19.1. The molecular weight excluding hydrogens is 404 g/mol. The Morgan fingerprint density at radius 2 is 1.90 bits per heavy atom. The maximum atomic E-state index is 12.9. The monoisotopic (exact) mass is 430 g/mol. The van der Waals surface area contributed by atoms with E-state index in [1.807, 2.05) is 20.8 Å². The molecule has 1 unspecified atom stereocenters. The molecule has 2 aliphatic heterocycles. The second-order valence-corrected chi connectivity index (χ2v) is 9.69. The van der Waals surface area contributed by atoms with E-state index in [0.717, 1.165) is 5.69 Å². The van der Waals surface area contributed by atoms with E-state index in [9.17, 15) is 14.4 Å². The summed E-state index contributed by atoms with van der Waals surface area (Å²) < 4.78 is 6.83. The zero-order valence-corrected chi connectivity index (χ0v) is 18.3. The number of fused-ring (bicyclic) bond motifs is 1. The van der Waals surface area contributed by atoms with Gasteiger partial charge >= 0.3 is 0 Å². The fourth-order valence-electron chi connectivity index (χ4n) is 3.73. The predicted octanol–water partition coefficient (Wildman–Crippen LogP) is 2.16. The van der Waals surface area contributed by atoms with E-state index < -0.39 is 0 Å².